The van der Waals surface area contributed by atoms with Gasteiger partial charge < -0.3 is 10.6 Å². The van der Waals surface area contributed by atoms with Gasteiger partial charge in [0.25, 0.3) is 0 Å². The van der Waals surface area contributed by atoms with Crippen molar-refractivity contribution in [3.63, 3.8) is 0 Å². The van der Waals surface area contributed by atoms with E-state index < -0.39 is 0 Å². The highest BCUT2D eigenvalue weighted by molar-refractivity contribution is 6.32. The summed E-state index contributed by atoms with van der Waals surface area (Å²) < 4.78 is 0. The van der Waals surface area contributed by atoms with Crippen molar-refractivity contribution in [2.75, 3.05) is 17.2 Å². The molecular formula is C15H25ClN4. The zero-order valence-electron chi connectivity index (χ0n) is 12.7. The molecule has 112 valence electrons. The third-order valence-electron chi connectivity index (χ3n) is 3.96. The van der Waals surface area contributed by atoms with Gasteiger partial charge in [0.05, 0.1) is 6.20 Å². The number of hydrogen-bond acceptors (Lipinski definition) is 4. The van der Waals surface area contributed by atoms with E-state index in [1.165, 1.54) is 25.7 Å². The first-order chi connectivity index (χ1) is 9.50. The molecule has 0 saturated heterocycles. The van der Waals surface area contributed by atoms with Crippen molar-refractivity contribution in [2.24, 2.45) is 5.41 Å². The van der Waals surface area contributed by atoms with Gasteiger partial charge in [0.2, 0.25) is 5.95 Å². The second-order valence-corrected chi connectivity index (χ2v) is 6.81. The predicted octanol–water partition coefficient (Wildman–Crippen LogP) is 4.33. The molecule has 20 heavy (non-hydrogen) atoms. The molecule has 2 N–H and O–H groups in total. The van der Waals surface area contributed by atoms with Crippen LogP contribution in [-0.2, 0) is 0 Å². The van der Waals surface area contributed by atoms with Crippen LogP contribution in [0.4, 0.5) is 11.8 Å². The van der Waals surface area contributed by atoms with Crippen LogP contribution in [0.15, 0.2) is 6.20 Å². The van der Waals surface area contributed by atoms with Crippen molar-refractivity contribution < 1.29 is 0 Å². The minimum Gasteiger partial charge on any atom is -0.366 e. The van der Waals surface area contributed by atoms with E-state index in [9.17, 15) is 0 Å². The lowest BCUT2D eigenvalue weighted by molar-refractivity contribution is 0.232. The first kappa shape index (κ1) is 15.4. The third-order valence-corrected chi connectivity index (χ3v) is 4.23. The lowest BCUT2D eigenvalue weighted by Crippen LogP contribution is -2.30. The van der Waals surface area contributed by atoms with Crippen LogP contribution in [0.25, 0.3) is 0 Å². The highest BCUT2D eigenvalue weighted by atomic mass is 35.5. The number of anilines is 2. The first-order valence-electron chi connectivity index (χ1n) is 7.53. The van der Waals surface area contributed by atoms with E-state index in [1.54, 1.807) is 6.20 Å². The van der Waals surface area contributed by atoms with E-state index >= 15 is 0 Å². The second kappa shape index (κ2) is 6.61. The van der Waals surface area contributed by atoms with Crippen LogP contribution in [0.3, 0.4) is 0 Å². The fourth-order valence-electron chi connectivity index (χ4n) is 2.53. The van der Waals surface area contributed by atoms with Crippen molar-refractivity contribution >= 4 is 23.4 Å². The molecule has 2 rings (SSSR count). The maximum Gasteiger partial charge on any atom is 0.224 e. The van der Waals surface area contributed by atoms with Gasteiger partial charge in [0, 0.05) is 12.6 Å². The van der Waals surface area contributed by atoms with E-state index in [1.807, 2.05) is 0 Å². The molecule has 1 aromatic heterocycles. The van der Waals surface area contributed by atoms with Crippen LogP contribution in [0, 0.1) is 5.41 Å². The summed E-state index contributed by atoms with van der Waals surface area (Å²) in [4.78, 5) is 8.67. The normalized spacial score (nSPS) is 18.8. The quantitative estimate of drug-likeness (QED) is 0.849. The van der Waals surface area contributed by atoms with E-state index in [0.717, 1.165) is 18.8 Å². The Labute approximate surface area is 126 Å². The minimum atomic E-state index is 0.467. The van der Waals surface area contributed by atoms with E-state index in [2.05, 4.69) is 41.4 Å². The van der Waals surface area contributed by atoms with E-state index in [0.29, 0.717) is 22.4 Å². The van der Waals surface area contributed by atoms with Crippen LogP contribution in [0.2, 0.25) is 5.02 Å². The molecule has 0 amide bonds. The third kappa shape index (κ3) is 4.23. The molecule has 4 nitrogen and oxygen atoms in total. The standard InChI is InChI=1S/C15H25ClN4/c1-4-9-17-14-18-10-12(16)13(20-14)19-11-5-7-15(2,3)8-6-11/h10-11H,4-9H2,1-3H3,(H2,17,18,19,20). The molecule has 0 atom stereocenters. The highest BCUT2D eigenvalue weighted by Gasteiger charge is 2.27. The van der Waals surface area contributed by atoms with Gasteiger partial charge in [-0.3, -0.25) is 0 Å². The Kier molecular flexibility index (Phi) is 5.08. The van der Waals surface area contributed by atoms with Gasteiger partial charge in [0.15, 0.2) is 5.82 Å². The Hall–Kier alpha value is -1.03. The van der Waals surface area contributed by atoms with Crippen LogP contribution in [0.5, 0.6) is 0 Å². The summed E-state index contributed by atoms with van der Waals surface area (Å²) in [6.45, 7) is 7.67. The molecule has 0 radical (unpaired) electrons. The number of nitrogens with zero attached hydrogens (tertiary/aromatic N) is 2. The SMILES string of the molecule is CCCNc1ncc(Cl)c(NC2CCC(C)(C)CC2)n1. The Morgan fingerprint density at radius 3 is 2.70 bits per heavy atom. The Morgan fingerprint density at radius 2 is 2.05 bits per heavy atom. The summed E-state index contributed by atoms with van der Waals surface area (Å²) >= 11 is 6.19. The van der Waals surface area contributed by atoms with Crippen molar-refractivity contribution in [1.82, 2.24) is 9.97 Å². The summed E-state index contributed by atoms with van der Waals surface area (Å²) in [5, 5.41) is 7.27. The van der Waals surface area contributed by atoms with Gasteiger partial charge in [-0.25, -0.2) is 4.98 Å². The van der Waals surface area contributed by atoms with Crippen molar-refractivity contribution in [1.29, 1.82) is 0 Å². The molecule has 0 unspecified atom stereocenters. The molecule has 0 aliphatic heterocycles. The average Bonchev–Trinajstić information content (AvgIpc) is 2.42. The van der Waals surface area contributed by atoms with Crippen LogP contribution in [-0.4, -0.2) is 22.6 Å². The summed E-state index contributed by atoms with van der Waals surface area (Å²) in [5.41, 5.74) is 0.474. The maximum atomic E-state index is 6.19. The molecule has 5 heteroatoms. The molecule has 1 saturated carbocycles. The number of aromatic nitrogens is 2. The van der Waals surface area contributed by atoms with E-state index in [-0.39, 0.29) is 0 Å². The molecule has 1 aliphatic rings. The first-order valence-corrected chi connectivity index (χ1v) is 7.91. The Morgan fingerprint density at radius 1 is 1.35 bits per heavy atom. The Bertz CT molecular complexity index is 437. The van der Waals surface area contributed by atoms with Gasteiger partial charge in [-0.05, 0) is 37.5 Å². The van der Waals surface area contributed by atoms with Crippen molar-refractivity contribution in [3.8, 4) is 0 Å². The van der Waals surface area contributed by atoms with Crippen LogP contribution >= 0.6 is 11.6 Å². The van der Waals surface area contributed by atoms with Gasteiger partial charge >= 0.3 is 0 Å². The van der Waals surface area contributed by atoms with E-state index in [4.69, 9.17) is 11.6 Å². The van der Waals surface area contributed by atoms with Crippen LogP contribution < -0.4 is 10.6 Å². The summed E-state index contributed by atoms with van der Waals surface area (Å²) in [5.74, 6) is 1.40. The zero-order valence-corrected chi connectivity index (χ0v) is 13.4. The fourth-order valence-corrected chi connectivity index (χ4v) is 2.67. The molecule has 0 bridgehead atoms. The Balaban J connectivity index is 1.98. The second-order valence-electron chi connectivity index (χ2n) is 6.40. The van der Waals surface area contributed by atoms with Gasteiger partial charge in [-0.1, -0.05) is 32.4 Å². The van der Waals surface area contributed by atoms with Gasteiger partial charge in [-0.2, -0.15) is 4.98 Å². The smallest absolute Gasteiger partial charge is 0.224 e. The lowest BCUT2D eigenvalue weighted by atomic mass is 9.75. The molecule has 0 spiro atoms. The average molecular weight is 297 g/mol. The van der Waals surface area contributed by atoms with Gasteiger partial charge in [-0.15, -0.1) is 0 Å². The highest BCUT2D eigenvalue weighted by Crippen LogP contribution is 2.36. The molecule has 1 fully saturated rings. The number of nitrogens with one attached hydrogen (secondary N) is 2. The fraction of sp³-hybridized carbons (Fsp3) is 0.733. The van der Waals surface area contributed by atoms with Crippen molar-refractivity contribution in [2.45, 2.75) is 58.9 Å². The topological polar surface area (TPSA) is 49.8 Å². The van der Waals surface area contributed by atoms with Crippen molar-refractivity contribution in [3.05, 3.63) is 11.2 Å². The maximum absolute atomic E-state index is 6.19. The summed E-state index contributed by atoms with van der Waals surface area (Å²) in [6.07, 6.45) is 7.55. The predicted molar refractivity (Wildman–Crippen MR) is 85.5 cm³/mol. The lowest BCUT2D eigenvalue weighted by Gasteiger charge is -2.34. The molecule has 1 heterocycles. The molecule has 0 aromatic carbocycles. The molecule has 1 aromatic rings. The molecular weight excluding hydrogens is 272 g/mol. The van der Waals surface area contributed by atoms with Gasteiger partial charge in [0.1, 0.15) is 5.02 Å². The monoisotopic (exact) mass is 296 g/mol. The zero-order chi connectivity index (χ0) is 14.6. The number of halogens is 1. The number of rotatable bonds is 5. The largest absolute Gasteiger partial charge is 0.366 e. The number of hydrogen-bond donors (Lipinski definition) is 2. The molecule has 1 aliphatic carbocycles. The summed E-state index contributed by atoms with van der Waals surface area (Å²) in [7, 11) is 0. The van der Waals surface area contributed by atoms with Crippen LogP contribution in [0.1, 0.15) is 52.9 Å². The minimum absolute atomic E-state index is 0.467. The summed E-state index contributed by atoms with van der Waals surface area (Å²) in [6, 6.07) is 0.467.